The minimum atomic E-state index is -3.58. The molecule has 1 saturated heterocycles. The molecule has 1 heterocycles. The maximum Gasteiger partial charge on any atom is 0.251 e. The van der Waals surface area contributed by atoms with E-state index < -0.39 is 10.0 Å². The van der Waals surface area contributed by atoms with Crippen LogP contribution in [0.15, 0.2) is 47.4 Å². The van der Waals surface area contributed by atoms with Gasteiger partial charge in [0.15, 0.2) is 0 Å². The molecule has 0 spiro atoms. The van der Waals surface area contributed by atoms with Crippen molar-refractivity contribution in [2.45, 2.75) is 30.7 Å². The SMILES string of the molecule is O=C(NCc1ccccc1S(=O)(=O)N1CCCCC1)c1cc(Cl)cc(Cl)c1. The minimum absolute atomic E-state index is 0.0895. The molecule has 1 N–H and O–H groups in total. The molecule has 27 heavy (non-hydrogen) atoms. The summed E-state index contributed by atoms with van der Waals surface area (Å²) >= 11 is 11.9. The molecule has 1 amide bonds. The number of carbonyl (C=O) groups is 1. The lowest BCUT2D eigenvalue weighted by molar-refractivity contribution is 0.0950. The maximum atomic E-state index is 13.0. The van der Waals surface area contributed by atoms with Gasteiger partial charge >= 0.3 is 0 Å². The molecule has 2 aromatic rings. The Balaban J connectivity index is 1.79. The van der Waals surface area contributed by atoms with Crippen molar-refractivity contribution in [1.29, 1.82) is 0 Å². The Hall–Kier alpha value is -1.60. The molecule has 144 valence electrons. The van der Waals surface area contributed by atoms with E-state index >= 15 is 0 Å². The molecule has 0 aliphatic carbocycles. The summed E-state index contributed by atoms with van der Waals surface area (Å²) in [5.74, 6) is -0.371. The summed E-state index contributed by atoms with van der Waals surface area (Å²) in [6.07, 6.45) is 2.78. The van der Waals surface area contributed by atoms with Gasteiger partial charge in [0.05, 0.1) is 4.90 Å². The average Bonchev–Trinajstić information content (AvgIpc) is 2.66. The maximum absolute atomic E-state index is 13.0. The van der Waals surface area contributed by atoms with Crippen LogP contribution in [0.1, 0.15) is 35.2 Å². The molecule has 8 heteroatoms. The molecule has 1 aliphatic rings. The lowest BCUT2D eigenvalue weighted by atomic mass is 10.2. The van der Waals surface area contributed by atoms with E-state index in [-0.39, 0.29) is 17.3 Å². The highest BCUT2D eigenvalue weighted by Gasteiger charge is 2.27. The number of benzene rings is 2. The molecule has 2 aromatic carbocycles. The zero-order valence-electron chi connectivity index (χ0n) is 14.6. The van der Waals surface area contributed by atoms with E-state index in [1.165, 1.54) is 16.4 Å². The van der Waals surface area contributed by atoms with Crippen LogP contribution in [-0.2, 0) is 16.6 Å². The van der Waals surface area contributed by atoms with E-state index in [0.29, 0.717) is 34.3 Å². The predicted octanol–water partition coefficient (Wildman–Crippen LogP) is 4.10. The van der Waals surface area contributed by atoms with Gasteiger partial charge in [0, 0.05) is 35.2 Å². The third-order valence-electron chi connectivity index (χ3n) is 4.47. The molecule has 0 radical (unpaired) electrons. The first-order valence-corrected chi connectivity index (χ1v) is 10.9. The quantitative estimate of drug-likeness (QED) is 0.782. The second kappa shape index (κ2) is 8.61. The zero-order chi connectivity index (χ0) is 19.4. The molecule has 0 unspecified atom stereocenters. The number of halogens is 2. The third-order valence-corrected chi connectivity index (χ3v) is 6.91. The number of hydrogen-bond acceptors (Lipinski definition) is 3. The molecule has 0 atom stereocenters. The van der Waals surface area contributed by atoms with Gasteiger partial charge in [0.25, 0.3) is 5.91 Å². The molecule has 1 aliphatic heterocycles. The van der Waals surface area contributed by atoms with Crippen molar-refractivity contribution < 1.29 is 13.2 Å². The summed E-state index contributed by atoms with van der Waals surface area (Å²) < 4.78 is 27.5. The van der Waals surface area contributed by atoms with Crippen LogP contribution in [0.5, 0.6) is 0 Å². The topological polar surface area (TPSA) is 66.5 Å². The van der Waals surface area contributed by atoms with E-state index in [0.717, 1.165) is 19.3 Å². The molecule has 0 bridgehead atoms. The van der Waals surface area contributed by atoms with Crippen LogP contribution in [0.2, 0.25) is 10.0 Å². The van der Waals surface area contributed by atoms with Crippen molar-refractivity contribution in [3.05, 3.63) is 63.6 Å². The average molecular weight is 427 g/mol. The first-order valence-electron chi connectivity index (χ1n) is 8.70. The largest absolute Gasteiger partial charge is 0.348 e. The summed E-state index contributed by atoms with van der Waals surface area (Å²) in [6.45, 7) is 1.15. The van der Waals surface area contributed by atoms with Crippen molar-refractivity contribution >= 4 is 39.1 Å². The number of amides is 1. The number of nitrogens with one attached hydrogen (secondary N) is 1. The monoisotopic (exact) mass is 426 g/mol. The Kier molecular flexibility index (Phi) is 6.42. The molecular formula is C19H20Cl2N2O3S. The number of sulfonamides is 1. The zero-order valence-corrected chi connectivity index (χ0v) is 16.9. The summed E-state index contributed by atoms with van der Waals surface area (Å²) in [7, 11) is -3.58. The molecule has 5 nitrogen and oxygen atoms in total. The minimum Gasteiger partial charge on any atom is -0.348 e. The predicted molar refractivity (Wildman–Crippen MR) is 107 cm³/mol. The highest BCUT2D eigenvalue weighted by atomic mass is 35.5. The van der Waals surface area contributed by atoms with Gasteiger partial charge in [-0.05, 0) is 42.7 Å². The standard InChI is InChI=1S/C19H20Cl2N2O3S/c20-16-10-15(11-17(21)12-16)19(24)22-13-14-6-2-3-7-18(14)27(25,26)23-8-4-1-5-9-23/h2-3,6-7,10-12H,1,4-5,8-9,13H2,(H,22,24). The Labute approximate surface area is 169 Å². The summed E-state index contributed by atoms with van der Waals surface area (Å²) in [4.78, 5) is 12.6. The van der Waals surface area contributed by atoms with E-state index in [1.54, 1.807) is 30.3 Å². The second-order valence-corrected chi connectivity index (χ2v) is 9.19. The lowest BCUT2D eigenvalue weighted by Gasteiger charge is -2.26. The van der Waals surface area contributed by atoms with Gasteiger partial charge in [0.1, 0.15) is 0 Å². The van der Waals surface area contributed by atoms with Gasteiger partial charge in [-0.25, -0.2) is 8.42 Å². The van der Waals surface area contributed by atoms with E-state index in [4.69, 9.17) is 23.2 Å². The van der Waals surface area contributed by atoms with Crippen LogP contribution < -0.4 is 5.32 Å². The lowest BCUT2D eigenvalue weighted by Crippen LogP contribution is -2.36. The smallest absolute Gasteiger partial charge is 0.251 e. The Bertz CT molecular complexity index is 921. The Morgan fingerprint density at radius 3 is 2.30 bits per heavy atom. The van der Waals surface area contributed by atoms with Crippen LogP contribution in [0.4, 0.5) is 0 Å². The molecular weight excluding hydrogens is 407 g/mol. The summed E-state index contributed by atoms with van der Waals surface area (Å²) in [6, 6.07) is 11.3. The van der Waals surface area contributed by atoms with Gasteiger partial charge < -0.3 is 5.32 Å². The van der Waals surface area contributed by atoms with Crippen molar-refractivity contribution in [2.24, 2.45) is 0 Å². The molecule has 0 aromatic heterocycles. The van der Waals surface area contributed by atoms with Gasteiger partial charge in [0.2, 0.25) is 10.0 Å². The molecule has 0 saturated carbocycles. The second-order valence-electron chi connectivity index (χ2n) is 6.41. The van der Waals surface area contributed by atoms with E-state index in [9.17, 15) is 13.2 Å². The van der Waals surface area contributed by atoms with Gasteiger partial charge in [-0.2, -0.15) is 4.31 Å². The number of hydrogen-bond donors (Lipinski definition) is 1. The fourth-order valence-corrected chi connectivity index (χ4v) is 5.37. The highest BCUT2D eigenvalue weighted by Crippen LogP contribution is 2.24. The van der Waals surface area contributed by atoms with Crippen LogP contribution in [0.25, 0.3) is 0 Å². The summed E-state index contributed by atoms with van der Waals surface area (Å²) in [5.41, 5.74) is 0.869. The highest BCUT2D eigenvalue weighted by molar-refractivity contribution is 7.89. The number of rotatable bonds is 5. The van der Waals surface area contributed by atoms with Crippen LogP contribution >= 0.6 is 23.2 Å². The molecule has 3 rings (SSSR count). The number of nitrogens with zero attached hydrogens (tertiary/aromatic N) is 1. The van der Waals surface area contributed by atoms with Crippen molar-refractivity contribution in [3.8, 4) is 0 Å². The van der Waals surface area contributed by atoms with Gasteiger partial charge in [-0.15, -0.1) is 0 Å². The van der Waals surface area contributed by atoms with Crippen molar-refractivity contribution in [2.75, 3.05) is 13.1 Å². The Morgan fingerprint density at radius 1 is 1.00 bits per heavy atom. The number of piperidine rings is 1. The fraction of sp³-hybridized carbons (Fsp3) is 0.316. The summed E-state index contributed by atoms with van der Waals surface area (Å²) in [5, 5.41) is 3.47. The van der Waals surface area contributed by atoms with Gasteiger partial charge in [-0.3, -0.25) is 4.79 Å². The fourth-order valence-electron chi connectivity index (χ4n) is 3.11. The van der Waals surface area contributed by atoms with Crippen molar-refractivity contribution in [1.82, 2.24) is 9.62 Å². The van der Waals surface area contributed by atoms with E-state index in [1.807, 2.05) is 0 Å². The molecule has 1 fully saturated rings. The normalized spacial score (nSPS) is 15.5. The van der Waals surface area contributed by atoms with Crippen molar-refractivity contribution in [3.63, 3.8) is 0 Å². The van der Waals surface area contributed by atoms with Crippen LogP contribution in [-0.4, -0.2) is 31.7 Å². The third kappa shape index (κ3) is 4.82. The number of carbonyl (C=O) groups excluding carboxylic acids is 1. The van der Waals surface area contributed by atoms with E-state index in [2.05, 4.69) is 5.32 Å². The first kappa shape index (κ1) is 20.1. The van der Waals surface area contributed by atoms with Gasteiger partial charge in [-0.1, -0.05) is 47.8 Å². The first-order chi connectivity index (χ1) is 12.9. The van der Waals surface area contributed by atoms with Crippen LogP contribution in [0.3, 0.4) is 0 Å². The Morgan fingerprint density at radius 2 is 1.63 bits per heavy atom. The van der Waals surface area contributed by atoms with Crippen LogP contribution in [0, 0.1) is 0 Å².